The second-order valence-electron chi connectivity index (χ2n) is 13.1. The second-order valence-corrected chi connectivity index (χ2v) is 20.7. The van der Waals surface area contributed by atoms with Gasteiger partial charge in [-0.05, 0) is 65.8 Å². The lowest BCUT2D eigenvalue weighted by atomic mass is 10.2. The molecular weight excluding hydrogens is 657 g/mol. The van der Waals surface area contributed by atoms with Crippen molar-refractivity contribution >= 4 is 57.6 Å². The van der Waals surface area contributed by atoms with Crippen molar-refractivity contribution in [1.29, 1.82) is 0 Å². The Kier molecular flexibility index (Phi) is 9.45. The fourth-order valence-electron chi connectivity index (χ4n) is 7.88. The minimum absolute atomic E-state index is 1.01. The second kappa shape index (κ2) is 14.9. The van der Waals surface area contributed by atoms with Crippen molar-refractivity contribution in [3.8, 4) is 11.8 Å². The van der Waals surface area contributed by atoms with Gasteiger partial charge in [0.15, 0.2) is 16.1 Å². The number of benzene rings is 8. The molecular formula is C50H38Si2. The van der Waals surface area contributed by atoms with E-state index in [0.29, 0.717) is 0 Å². The quantitative estimate of drug-likeness (QED) is 0.107. The zero-order valence-corrected chi connectivity index (χ0v) is 30.9. The van der Waals surface area contributed by atoms with E-state index in [-0.39, 0.29) is 0 Å². The Balaban J connectivity index is 1.18. The van der Waals surface area contributed by atoms with E-state index in [2.05, 4.69) is 242 Å². The topological polar surface area (TPSA) is 0 Å². The van der Waals surface area contributed by atoms with Crippen LogP contribution < -0.4 is 41.5 Å². The smallest absolute Gasteiger partial charge is 0.0623 e. The molecule has 0 fully saturated rings. The van der Waals surface area contributed by atoms with E-state index < -0.39 is 16.1 Å². The first-order valence-electron chi connectivity index (χ1n) is 17.9. The summed E-state index contributed by atoms with van der Waals surface area (Å²) in [5.41, 5.74) is 2.01. The van der Waals surface area contributed by atoms with Crippen LogP contribution in [0.3, 0.4) is 0 Å². The first kappa shape index (κ1) is 32.9. The molecule has 0 N–H and O–H groups in total. The summed E-state index contributed by atoms with van der Waals surface area (Å²) in [4.78, 5) is 0. The van der Waals surface area contributed by atoms with Gasteiger partial charge in [0.05, 0.1) is 0 Å². The minimum Gasteiger partial charge on any atom is -0.0623 e. The normalized spacial score (nSPS) is 11.3. The maximum Gasteiger partial charge on any atom is 0.179 e. The highest BCUT2D eigenvalue weighted by Gasteiger charge is 2.42. The SMILES string of the molecule is C(#Cc1ccc([Si](c2ccccc2)(c2ccccc2)c2ccccc2)cc1)c1ccc([Si](c2ccccc2)(c2ccccc2)c2ccccc2)cc1. The van der Waals surface area contributed by atoms with E-state index in [9.17, 15) is 0 Å². The lowest BCUT2D eigenvalue weighted by molar-refractivity contribution is 1.62. The van der Waals surface area contributed by atoms with Crippen LogP contribution in [-0.4, -0.2) is 16.1 Å². The van der Waals surface area contributed by atoms with Crippen LogP contribution in [0.5, 0.6) is 0 Å². The van der Waals surface area contributed by atoms with Crippen LogP contribution in [0.4, 0.5) is 0 Å². The Morgan fingerprint density at radius 2 is 0.365 bits per heavy atom. The summed E-state index contributed by atoms with van der Waals surface area (Å²) in [5.74, 6) is 6.98. The van der Waals surface area contributed by atoms with Crippen LogP contribution in [0.2, 0.25) is 0 Å². The molecule has 0 saturated carbocycles. The Labute approximate surface area is 309 Å². The highest BCUT2D eigenvalue weighted by molar-refractivity contribution is 7.20. The largest absolute Gasteiger partial charge is 0.179 e. The number of rotatable bonds is 8. The summed E-state index contributed by atoms with van der Waals surface area (Å²) < 4.78 is 0. The van der Waals surface area contributed by atoms with Crippen molar-refractivity contribution in [2.45, 2.75) is 0 Å². The number of hydrogen-bond donors (Lipinski definition) is 0. The van der Waals surface area contributed by atoms with Crippen LogP contribution in [-0.2, 0) is 0 Å². The van der Waals surface area contributed by atoms with Crippen LogP contribution in [0.1, 0.15) is 11.1 Å². The Morgan fingerprint density at radius 1 is 0.192 bits per heavy atom. The average Bonchev–Trinajstić information content (AvgIpc) is 3.24. The predicted octanol–water partition coefficient (Wildman–Crippen LogP) is 5.84. The molecule has 8 aromatic rings. The molecule has 0 aliphatic rings. The molecule has 0 nitrogen and oxygen atoms in total. The van der Waals surface area contributed by atoms with Crippen molar-refractivity contribution in [1.82, 2.24) is 0 Å². The predicted molar refractivity (Wildman–Crippen MR) is 226 cm³/mol. The summed E-state index contributed by atoms with van der Waals surface area (Å²) in [5, 5.41) is 10.9. The van der Waals surface area contributed by atoms with E-state index in [1.807, 2.05) is 0 Å². The van der Waals surface area contributed by atoms with Gasteiger partial charge in [0.1, 0.15) is 0 Å². The zero-order valence-electron chi connectivity index (χ0n) is 28.9. The van der Waals surface area contributed by atoms with Gasteiger partial charge in [-0.25, -0.2) is 0 Å². The molecule has 0 atom stereocenters. The Morgan fingerprint density at radius 3 is 0.558 bits per heavy atom. The summed E-state index contributed by atoms with van der Waals surface area (Å²) in [6.07, 6.45) is 0. The minimum atomic E-state index is -2.56. The van der Waals surface area contributed by atoms with E-state index in [4.69, 9.17) is 0 Å². The first-order chi connectivity index (χ1) is 25.8. The molecule has 0 aliphatic carbocycles. The van der Waals surface area contributed by atoms with Gasteiger partial charge in [0, 0.05) is 11.1 Å². The third kappa shape index (κ3) is 6.07. The molecule has 52 heavy (non-hydrogen) atoms. The molecule has 0 unspecified atom stereocenters. The molecule has 0 amide bonds. The van der Waals surface area contributed by atoms with Gasteiger partial charge < -0.3 is 0 Å². The standard InChI is InChI=1S/C50H38Si2/c1-7-19-43(20-8-1)51(44-21-9-2-10-22-44,45-23-11-3-12-24-45)49-37-33-41(34-38-49)31-32-42-35-39-50(40-36-42)52(46-25-13-4-14-26-46,47-27-15-5-16-28-47)48-29-17-6-18-30-48/h1-30,33-40H. The molecule has 0 saturated heterocycles. The highest BCUT2D eigenvalue weighted by Crippen LogP contribution is 2.12. The van der Waals surface area contributed by atoms with Crippen molar-refractivity contribution < 1.29 is 0 Å². The van der Waals surface area contributed by atoms with E-state index in [1.165, 1.54) is 41.5 Å². The van der Waals surface area contributed by atoms with Crippen molar-refractivity contribution in [3.63, 3.8) is 0 Å². The van der Waals surface area contributed by atoms with Crippen molar-refractivity contribution in [3.05, 3.63) is 242 Å². The molecule has 0 bridgehead atoms. The van der Waals surface area contributed by atoms with Crippen LogP contribution in [0.15, 0.2) is 231 Å². The molecule has 8 aromatic carbocycles. The molecule has 8 rings (SSSR count). The molecule has 0 aromatic heterocycles. The first-order valence-corrected chi connectivity index (χ1v) is 21.9. The summed E-state index contributed by atoms with van der Waals surface area (Å²) in [6, 6.07) is 84.3. The maximum atomic E-state index is 3.49. The van der Waals surface area contributed by atoms with Gasteiger partial charge in [-0.15, -0.1) is 0 Å². The molecule has 0 spiro atoms. The highest BCUT2D eigenvalue weighted by atomic mass is 28.3. The molecule has 0 radical (unpaired) electrons. The van der Waals surface area contributed by atoms with Gasteiger partial charge in [0.25, 0.3) is 0 Å². The Hall–Kier alpha value is -6.25. The fraction of sp³-hybridized carbons (Fsp3) is 0. The third-order valence-electron chi connectivity index (χ3n) is 10.2. The van der Waals surface area contributed by atoms with Crippen LogP contribution in [0, 0.1) is 11.8 Å². The molecule has 0 heterocycles. The summed E-state index contributed by atoms with van der Waals surface area (Å²) in [7, 11) is -5.13. The summed E-state index contributed by atoms with van der Waals surface area (Å²) in [6.45, 7) is 0. The Bertz CT molecular complexity index is 2030. The lowest BCUT2D eigenvalue weighted by Crippen LogP contribution is -2.74. The van der Waals surface area contributed by atoms with Gasteiger partial charge in [0.2, 0.25) is 0 Å². The molecule has 2 heteroatoms. The van der Waals surface area contributed by atoms with Crippen LogP contribution >= 0.6 is 0 Å². The monoisotopic (exact) mass is 694 g/mol. The average molecular weight is 695 g/mol. The van der Waals surface area contributed by atoms with Gasteiger partial charge in [-0.3, -0.25) is 0 Å². The van der Waals surface area contributed by atoms with Crippen molar-refractivity contribution in [2.75, 3.05) is 0 Å². The van der Waals surface area contributed by atoms with Gasteiger partial charge in [-0.2, -0.15) is 0 Å². The van der Waals surface area contributed by atoms with Crippen molar-refractivity contribution in [2.24, 2.45) is 0 Å². The van der Waals surface area contributed by atoms with Gasteiger partial charge in [-0.1, -0.05) is 218 Å². The lowest BCUT2D eigenvalue weighted by Gasteiger charge is -2.34. The van der Waals surface area contributed by atoms with Crippen LogP contribution in [0.25, 0.3) is 0 Å². The van der Waals surface area contributed by atoms with E-state index in [1.54, 1.807) is 0 Å². The molecule has 246 valence electrons. The van der Waals surface area contributed by atoms with Gasteiger partial charge >= 0.3 is 0 Å². The van der Waals surface area contributed by atoms with E-state index in [0.717, 1.165) is 11.1 Å². The summed E-state index contributed by atoms with van der Waals surface area (Å²) >= 11 is 0. The maximum absolute atomic E-state index is 3.49. The molecule has 0 aliphatic heterocycles. The zero-order chi connectivity index (χ0) is 35.1. The number of hydrogen-bond acceptors (Lipinski definition) is 0. The fourth-order valence-corrected chi connectivity index (χ4v) is 17.4. The third-order valence-corrected chi connectivity index (χ3v) is 19.8. The van der Waals surface area contributed by atoms with E-state index >= 15 is 0 Å².